The second-order valence-corrected chi connectivity index (χ2v) is 5.22. The summed E-state index contributed by atoms with van der Waals surface area (Å²) in [5.41, 5.74) is 2.25. The number of thiophene rings is 1. The molecule has 1 N–H and O–H groups in total. The summed E-state index contributed by atoms with van der Waals surface area (Å²) in [6.45, 7) is 3.00. The molecule has 0 bridgehead atoms. The molecule has 3 nitrogen and oxygen atoms in total. The van der Waals surface area contributed by atoms with Crippen LogP contribution in [0.25, 0.3) is 10.1 Å². The number of hydrogen-bond donors (Lipinski definition) is 1. The maximum atomic E-state index is 4.44. The highest BCUT2D eigenvalue weighted by molar-refractivity contribution is 7.17. The predicted octanol–water partition coefficient (Wildman–Crippen LogP) is 3.39. The number of benzene rings is 1. The van der Waals surface area contributed by atoms with Crippen LogP contribution < -0.4 is 5.32 Å². The molecule has 2 aromatic heterocycles. The van der Waals surface area contributed by atoms with Gasteiger partial charge in [0.05, 0.1) is 17.9 Å². The molecule has 0 aliphatic heterocycles. The summed E-state index contributed by atoms with van der Waals surface area (Å²) in [7, 11) is 0. The molecule has 96 valence electrons. The monoisotopic (exact) mass is 269 g/mol. The number of fused-ring (bicyclic) bond motifs is 1. The molecule has 0 aliphatic rings. The number of hydrogen-bond acceptors (Lipinski definition) is 4. The highest BCUT2D eigenvalue weighted by atomic mass is 32.1. The van der Waals surface area contributed by atoms with E-state index in [0.717, 1.165) is 12.2 Å². The van der Waals surface area contributed by atoms with Crippen molar-refractivity contribution in [3.8, 4) is 0 Å². The Hall–Kier alpha value is -1.78. The lowest BCUT2D eigenvalue weighted by molar-refractivity contribution is 0.617. The largest absolute Gasteiger partial charge is 0.305 e. The fraction of sp³-hybridized carbons (Fsp3) is 0.200. The predicted molar refractivity (Wildman–Crippen MR) is 79.4 cm³/mol. The molecule has 1 aromatic carbocycles. The Bertz CT molecular complexity index is 663. The Labute approximate surface area is 116 Å². The molecule has 0 saturated carbocycles. The summed E-state index contributed by atoms with van der Waals surface area (Å²) in [5, 5.41) is 7.01. The van der Waals surface area contributed by atoms with Gasteiger partial charge in [-0.1, -0.05) is 25.1 Å². The smallest absolute Gasteiger partial charge is 0.0802 e. The minimum Gasteiger partial charge on any atom is -0.305 e. The molecule has 0 radical (unpaired) electrons. The van der Waals surface area contributed by atoms with Gasteiger partial charge in [-0.25, -0.2) is 0 Å². The second-order valence-electron chi connectivity index (χ2n) is 4.31. The quantitative estimate of drug-likeness (QED) is 0.789. The van der Waals surface area contributed by atoms with Gasteiger partial charge in [-0.05, 0) is 28.9 Å². The first-order valence-corrected chi connectivity index (χ1v) is 7.23. The molecule has 4 heteroatoms. The highest BCUT2D eigenvalue weighted by Crippen LogP contribution is 2.32. The minimum atomic E-state index is 0.106. The number of rotatable bonds is 4. The van der Waals surface area contributed by atoms with Gasteiger partial charge in [0.1, 0.15) is 0 Å². The van der Waals surface area contributed by atoms with Crippen molar-refractivity contribution >= 4 is 21.4 Å². The van der Waals surface area contributed by atoms with Crippen LogP contribution in [-0.4, -0.2) is 16.5 Å². The van der Waals surface area contributed by atoms with E-state index in [9.17, 15) is 0 Å². The molecule has 19 heavy (non-hydrogen) atoms. The first-order chi connectivity index (χ1) is 9.40. The molecular weight excluding hydrogens is 254 g/mol. The molecule has 3 aromatic rings. The van der Waals surface area contributed by atoms with Crippen LogP contribution in [0.4, 0.5) is 0 Å². The molecule has 2 heterocycles. The first-order valence-electron chi connectivity index (χ1n) is 6.35. The molecule has 0 spiro atoms. The molecule has 0 amide bonds. The van der Waals surface area contributed by atoms with Crippen molar-refractivity contribution in [3.05, 3.63) is 59.5 Å². The van der Waals surface area contributed by atoms with Gasteiger partial charge in [0.2, 0.25) is 0 Å². The van der Waals surface area contributed by atoms with Gasteiger partial charge in [0.15, 0.2) is 0 Å². The van der Waals surface area contributed by atoms with Crippen LogP contribution in [0.5, 0.6) is 0 Å². The van der Waals surface area contributed by atoms with Crippen molar-refractivity contribution in [2.75, 3.05) is 6.54 Å². The molecular formula is C15H15N3S. The fourth-order valence-electron chi connectivity index (χ4n) is 2.26. The van der Waals surface area contributed by atoms with E-state index in [1.807, 2.05) is 6.20 Å². The van der Waals surface area contributed by atoms with Gasteiger partial charge < -0.3 is 5.32 Å². The maximum absolute atomic E-state index is 4.44. The Kier molecular flexibility index (Phi) is 3.53. The SMILES string of the molecule is CCNC(c1cnccn1)c1csc2ccccc12. The summed E-state index contributed by atoms with van der Waals surface area (Å²) in [6.07, 6.45) is 5.28. The van der Waals surface area contributed by atoms with Crippen LogP contribution in [0.3, 0.4) is 0 Å². The Morgan fingerprint density at radius 3 is 2.95 bits per heavy atom. The van der Waals surface area contributed by atoms with E-state index in [1.54, 1.807) is 23.7 Å². The van der Waals surface area contributed by atoms with Crippen molar-refractivity contribution in [3.63, 3.8) is 0 Å². The summed E-state index contributed by atoms with van der Waals surface area (Å²) in [5.74, 6) is 0. The third kappa shape index (κ3) is 2.37. The third-order valence-corrected chi connectivity index (χ3v) is 4.09. The Balaban J connectivity index is 2.10. The standard InChI is InChI=1S/C15H15N3S/c1-2-17-15(13-9-16-7-8-18-13)12-10-19-14-6-4-3-5-11(12)14/h3-10,15,17H,2H2,1H3. The van der Waals surface area contributed by atoms with Crippen molar-refractivity contribution in [2.24, 2.45) is 0 Å². The van der Waals surface area contributed by atoms with Gasteiger partial charge in [-0.3, -0.25) is 9.97 Å². The number of aromatic nitrogens is 2. The number of nitrogens with one attached hydrogen (secondary N) is 1. The normalized spacial score (nSPS) is 12.7. The van der Waals surface area contributed by atoms with Crippen LogP contribution in [0.2, 0.25) is 0 Å². The minimum absolute atomic E-state index is 0.106. The van der Waals surface area contributed by atoms with Gasteiger partial charge in [-0.2, -0.15) is 0 Å². The van der Waals surface area contributed by atoms with Crippen LogP contribution in [0.1, 0.15) is 24.2 Å². The summed E-state index contributed by atoms with van der Waals surface area (Å²) in [6, 6.07) is 8.59. The lowest BCUT2D eigenvalue weighted by Gasteiger charge is -2.16. The van der Waals surface area contributed by atoms with Crippen molar-refractivity contribution < 1.29 is 0 Å². The summed E-state index contributed by atoms with van der Waals surface area (Å²) >= 11 is 1.77. The second kappa shape index (κ2) is 5.47. The average molecular weight is 269 g/mol. The molecule has 0 saturated heterocycles. The van der Waals surface area contributed by atoms with Crippen LogP contribution >= 0.6 is 11.3 Å². The zero-order valence-corrected chi connectivity index (χ0v) is 11.5. The van der Waals surface area contributed by atoms with Gasteiger partial charge in [-0.15, -0.1) is 11.3 Å². The van der Waals surface area contributed by atoms with Gasteiger partial charge >= 0.3 is 0 Å². The van der Waals surface area contributed by atoms with Crippen molar-refractivity contribution in [1.82, 2.24) is 15.3 Å². The zero-order chi connectivity index (χ0) is 13.1. The van der Waals surface area contributed by atoms with Crippen molar-refractivity contribution in [2.45, 2.75) is 13.0 Å². The highest BCUT2D eigenvalue weighted by Gasteiger charge is 2.18. The average Bonchev–Trinajstić information content (AvgIpc) is 2.89. The van der Waals surface area contributed by atoms with E-state index in [1.165, 1.54) is 15.6 Å². The van der Waals surface area contributed by atoms with Crippen LogP contribution in [0.15, 0.2) is 48.2 Å². The summed E-state index contributed by atoms with van der Waals surface area (Å²) in [4.78, 5) is 8.62. The van der Waals surface area contributed by atoms with E-state index in [0.29, 0.717) is 0 Å². The van der Waals surface area contributed by atoms with Crippen molar-refractivity contribution in [1.29, 1.82) is 0 Å². The van der Waals surface area contributed by atoms with E-state index in [-0.39, 0.29) is 6.04 Å². The molecule has 1 unspecified atom stereocenters. The Morgan fingerprint density at radius 2 is 2.16 bits per heavy atom. The first kappa shape index (κ1) is 12.3. The zero-order valence-electron chi connectivity index (χ0n) is 10.7. The molecule has 3 rings (SSSR count). The summed E-state index contributed by atoms with van der Waals surface area (Å²) < 4.78 is 1.31. The van der Waals surface area contributed by atoms with E-state index >= 15 is 0 Å². The topological polar surface area (TPSA) is 37.8 Å². The van der Waals surface area contributed by atoms with Gasteiger partial charge in [0.25, 0.3) is 0 Å². The van der Waals surface area contributed by atoms with E-state index in [2.05, 4.69) is 51.9 Å². The number of nitrogens with zero attached hydrogens (tertiary/aromatic N) is 2. The lowest BCUT2D eigenvalue weighted by atomic mass is 10.0. The Morgan fingerprint density at radius 1 is 1.26 bits per heavy atom. The van der Waals surface area contributed by atoms with E-state index in [4.69, 9.17) is 0 Å². The molecule has 0 aliphatic carbocycles. The third-order valence-electron chi connectivity index (χ3n) is 3.11. The maximum Gasteiger partial charge on any atom is 0.0802 e. The fourth-order valence-corrected chi connectivity index (χ4v) is 3.25. The lowest BCUT2D eigenvalue weighted by Crippen LogP contribution is -2.22. The molecule has 1 atom stereocenters. The van der Waals surface area contributed by atoms with E-state index < -0.39 is 0 Å². The van der Waals surface area contributed by atoms with Crippen LogP contribution in [0, 0.1) is 0 Å². The van der Waals surface area contributed by atoms with Gasteiger partial charge in [0, 0.05) is 17.1 Å². The molecule has 0 fully saturated rings. The van der Waals surface area contributed by atoms with Crippen LogP contribution in [-0.2, 0) is 0 Å².